The molecule has 6 heteroatoms. The summed E-state index contributed by atoms with van der Waals surface area (Å²) in [4.78, 5) is 16.8. The third-order valence-corrected chi connectivity index (χ3v) is 4.52. The molecule has 1 amide bonds. The molecule has 29 heavy (non-hydrogen) atoms. The first-order valence-electron chi connectivity index (χ1n) is 9.36. The van der Waals surface area contributed by atoms with Crippen LogP contribution in [0.1, 0.15) is 35.8 Å². The number of carbonyl (C=O) groups excluding carboxylic acids is 1. The second kappa shape index (κ2) is 9.10. The molecular formula is C23H25N3O3. The van der Waals surface area contributed by atoms with E-state index in [-0.39, 0.29) is 5.91 Å². The molecule has 3 aromatic rings. The van der Waals surface area contributed by atoms with E-state index < -0.39 is 0 Å². The summed E-state index contributed by atoms with van der Waals surface area (Å²) in [6.07, 6.45) is 1.59. The molecule has 0 aliphatic rings. The molecule has 0 radical (unpaired) electrons. The number of nitrogens with zero attached hydrogens (tertiary/aromatic N) is 1. The lowest BCUT2D eigenvalue weighted by Crippen LogP contribution is -2.13. The topological polar surface area (TPSA) is 72.5 Å². The maximum Gasteiger partial charge on any atom is 0.274 e. The summed E-state index contributed by atoms with van der Waals surface area (Å²) in [6.45, 7) is 4.27. The molecule has 0 unspecified atom stereocenters. The minimum Gasteiger partial charge on any atom is -0.497 e. The lowest BCUT2D eigenvalue weighted by Gasteiger charge is -2.13. The molecule has 0 spiro atoms. The van der Waals surface area contributed by atoms with Gasteiger partial charge in [-0.1, -0.05) is 26.0 Å². The highest BCUT2D eigenvalue weighted by atomic mass is 16.5. The van der Waals surface area contributed by atoms with E-state index in [4.69, 9.17) is 9.47 Å². The minimum absolute atomic E-state index is 0.271. The Kier molecular flexibility index (Phi) is 6.34. The van der Waals surface area contributed by atoms with Crippen molar-refractivity contribution in [1.29, 1.82) is 0 Å². The van der Waals surface area contributed by atoms with Gasteiger partial charge in [0.1, 0.15) is 17.2 Å². The van der Waals surface area contributed by atoms with Crippen molar-refractivity contribution in [2.45, 2.75) is 19.8 Å². The molecular weight excluding hydrogens is 366 g/mol. The molecule has 0 aliphatic carbocycles. The predicted octanol–water partition coefficient (Wildman–Crippen LogP) is 5.22. The molecule has 0 bridgehead atoms. The number of amides is 1. The summed E-state index contributed by atoms with van der Waals surface area (Å²) >= 11 is 0. The standard InChI is InChI=1S/C23H25N3O3/c1-15(2)16-5-7-17(8-6-16)26-23(27)21-13-18(11-12-24-21)25-20-10-9-19(28-3)14-22(20)29-4/h5-15H,1-4H3,(H,24,25)(H,26,27). The molecule has 2 N–H and O–H groups in total. The normalized spacial score (nSPS) is 10.5. The molecule has 6 nitrogen and oxygen atoms in total. The zero-order valence-electron chi connectivity index (χ0n) is 17.0. The highest BCUT2D eigenvalue weighted by Gasteiger charge is 2.11. The Labute approximate surface area is 170 Å². The lowest BCUT2D eigenvalue weighted by atomic mass is 10.0. The monoisotopic (exact) mass is 391 g/mol. The van der Waals surface area contributed by atoms with Crippen molar-refractivity contribution in [2.24, 2.45) is 0 Å². The molecule has 1 heterocycles. The third kappa shape index (κ3) is 5.04. The van der Waals surface area contributed by atoms with E-state index in [1.54, 1.807) is 38.6 Å². The number of benzene rings is 2. The lowest BCUT2D eigenvalue weighted by molar-refractivity contribution is 0.102. The van der Waals surface area contributed by atoms with Gasteiger partial charge in [0.15, 0.2) is 0 Å². The number of hydrogen-bond acceptors (Lipinski definition) is 5. The predicted molar refractivity (Wildman–Crippen MR) is 116 cm³/mol. The average Bonchev–Trinajstić information content (AvgIpc) is 2.74. The summed E-state index contributed by atoms with van der Waals surface area (Å²) in [5, 5.41) is 6.14. The van der Waals surface area contributed by atoms with Gasteiger partial charge in [-0.05, 0) is 47.9 Å². The smallest absolute Gasteiger partial charge is 0.274 e. The Hall–Kier alpha value is -3.54. The quantitative estimate of drug-likeness (QED) is 0.578. The van der Waals surface area contributed by atoms with Gasteiger partial charge in [-0.2, -0.15) is 0 Å². The zero-order valence-corrected chi connectivity index (χ0v) is 17.0. The first-order valence-corrected chi connectivity index (χ1v) is 9.36. The van der Waals surface area contributed by atoms with Gasteiger partial charge in [-0.15, -0.1) is 0 Å². The maximum atomic E-state index is 12.6. The number of pyridine rings is 1. The zero-order chi connectivity index (χ0) is 20.8. The number of anilines is 3. The van der Waals surface area contributed by atoms with E-state index in [9.17, 15) is 4.79 Å². The van der Waals surface area contributed by atoms with Crippen LogP contribution in [0.2, 0.25) is 0 Å². The summed E-state index contributed by atoms with van der Waals surface area (Å²) in [6, 6.07) is 16.8. The second-order valence-corrected chi connectivity index (χ2v) is 6.85. The molecule has 3 rings (SSSR count). The Morgan fingerprint density at radius 3 is 2.34 bits per heavy atom. The molecule has 2 aromatic carbocycles. The number of hydrogen-bond donors (Lipinski definition) is 2. The SMILES string of the molecule is COc1ccc(Nc2ccnc(C(=O)Nc3ccc(C(C)C)cc3)c2)c(OC)c1. The third-order valence-electron chi connectivity index (χ3n) is 4.52. The van der Waals surface area contributed by atoms with Gasteiger partial charge in [-0.3, -0.25) is 9.78 Å². The minimum atomic E-state index is -0.271. The van der Waals surface area contributed by atoms with E-state index in [1.807, 2.05) is 36.4 Å². The van der Waals surface area contributed by atoms with Crippen molar-refractivity contribution in [3.05, 3.63) is 72.1 Å². The largest absolute Gasteiger partial charge is 0.497 e. The second-order valence-electron chi connectivity index (χ2n) is 6.85. The van der Waals surface area contributed by atoms with E-state index >= 15 is 0 Å². The van der Waals surface area contributed by atoms with Gasteiger partial charge in [0.2, 0.25) is 0 Å². The van der Waals surface area contributed by atoms with Crippen molar-refractivity contribution in [3.63, 3.8) is 0 Å². The fraction of sp³-hybridized carbons (Fsp3) is 0.217. The van der Waals surface area contributed by atoms with Gasteiger partial charge < -0.3 is 20.1 Å². The Bertz CT molecular complexity index is 985. The molecule has 1 aromatic heterocycles. The van der Waals surface area contributed by atoms with Crippen molar-refractivity contribution >= 4 is 23.0 Å². The van der Waals surface area contributed by atoms with Crippen LogP contribution >= 0.6 is 0 Å². The first kappa shape index (κ1) is 20.2. The number of ether oxygens (including phenoxy) is 2. The van der Waals surface area contributed by atoms with E-state index in [0.29, 0.717) is 23.1 Å². The number of nitrogens with one attached hydrogen (secondary N) is 2. The van der Waals surface area contributed by atoms with Gasteiger partial charge in [-0.25, -0.2) is 0 Å². The van der Waals surface area contributed by atoms with E-state index in [2.05, 4.69) is 29.5 Å². The van der Waals surface area contributed by atoms with Gasteiger partial charge >= 0.3 is 0 Å². The summed E-state index contributed by atoms with van der Waals surface area (Å²) in [7, 11) is 3.20. The fourth-order valence-electron chi connectivity index (χ4n) is 2.84. The maximum absolute atomic E-state index is 12.6. The summed E-state index contributed by atoms with van der Waals surface area (Å²) < 4.78 is 10.6. The molecule has 0 atom stereocenters. The number of methoxy groups -OCH3 is 2. The Morgan fingerprint density at radius 2 is 1.69 bits per heavy atom. The van der Waals surface area contributed by atoms with Crippen LogP contribution in [0.3, 0.4) is 0 Å². The molecule has 150 valence electrons. The van der Waals surface area contributed by atoms with Crippen molar-refractivity contribution in [2.75, 3.05) is 24.9 Å². The van der Waals surface area contributed by atoms with E-state index in [0.717, 1.165) is 17.1 Å². The van der Waals surface area contributed by atoms with Crippen LogP contribution in [-0.4, -0.2) is 25.1 Å². The van der Waals surface area contributed by atoms with Crippen LogP contribution in [0.5, 0.6) is 11.5 Å². The summed E-state index contributed by atoms with van der Waals surface area (Å²) in [5.74, 6) is 1.51. The number of carbonyl (C=O) groups is 1. The van der Waals surface area contributed by atoms with Crippen molar-refractivity contribution in [1.82, 2.24) is 4.98 Å². The van der Waals surface area contributed by atoms with Crippen LogP contribution in [0.4, 0.5) is 17.1 Å². The highest BCUT2D eigenvalue weighted by Crippen LogP contribution is 2.31. The van der Waals surface area contributed by atoms with Gasteiger partial charge in [0, 0.05) is 23.6 Å². The summed E-state index contributed by atoms with van der Waals surface area (Å²) in [5.41, 5.74) is 3.76. The van der Waals surface area contributed by atoms with Crippen molar-refractivity contribution in [3.8, 4) is 11.5 Å². The number of aromatic nitrogens is 1. The van der Waals surface area contributed by atoms with Crippen LogP contribution in [0.15, 0.2) is 60.8 Å². The van der Waals surface area contributed by atoms with Crippen LogP contribution in [0.25, 0.3) is 0 Å². The highest BCUT2D eigenvalue weighted by molar-refractivity contribution is 6.03. The Morgan fingerprint density at radius 1 is 0.931 bits per heavy atom. The van der Waals surface area contributed by atoms with Gasteiger partial charge in [0.25, 0.3) is 5.91 Å². The van der Waals surface area contributed by atoms with Crippen LogP contribution in [0, 0.1) is 0 Å². The molecule has 0 aliphatic heterocycles. The van der Waals surface area contributed by atoms with Crippen molar-refractivity contribution < 1.29 is 14.3 Å². The molecule has 0 fully saturated rings. The molecule has 0 saturated carbocycles. The first-order chi connectivity index (χ1) is 14.0. The van der Waals surface area contributed by atoms with Crippen LogP contribution < -0.4 is 20.1 Å². The Balaban J connectivity index is 1.74. The van der Waals surface area contributed by atoms with Crippen LogP contribution in [-0.2, 0) is 0 Å². The fourth-order valence-corrected chi connectivity index (χ4v) is 2.84. The number of rotatable bonds is 7. The van der Waals surface area contributed by atoms with E-state index in [1.165, 1.54) is 5.56 Å². The molecule has 0 saturated heterocycles. The van der Waals surface area contributed by atoms with Gasteiger partial charge in [0.05, 0.1) is 19.9 Å². The average molecular weight is 391 g/mol.